The fraction of sp³-hybridized carbons (Fsp3) is 0.308. The predicted molar refractivity (Wildman–Crippen MR) is 65.1 cm³/mol. The van der Waals surface area contributed by atoms with Gasteiger partial charge in [-0.1, -0.05) is 30.3 Å². The molecular formula is C13H15NO3. The molecule has 0 amide bonds. The fourth-order valence-electron chi connectivity index (χ4n) is 1.49. The Morgan fingerprint density at radius 2 is 1.94 bits per heavy atom. The van der Waals surface area contributed by atoms with E-state index in [4.69, 9.17) is 0 Å². The molecule has 1 aromatic carbocycles. The first-order valence-corrected chi connectivity index (χ1v) is 5.55. The van der Waals surface area contributed by atoms with Gasteiger partial charge in [-0.2, -0.15) is 0 Å². The van der Waals surface area contributed by atoms with E-state index in [0.29, 0.717) is 25.7 Å². The second-order valence-electron chi connectivity index (χ2n) is 3.71. The lowest BCUT2D eigenvalue weighted by molar-refractivity contribution is -0.427. The van der Waals surface area contributed by atoms with Gasteiger partial charge in [0.1, 0.15) is 6.29 Å². The molecule has 1 aromatic rings. The summed E-state index contributed by atoms with van der Waals surface area (Å²) in [4.78, 5) is 20.6. The Bertz CT molecular complexity index is 398. The third-order valence-corrected chi connectivity index (χ3v) is 2.37. The number of nitro groups is 1. The van der Waals surface area contributed by atoms with Crippen LogP contribution in [0.4, 0.5) is 0 Å². The van der Waals surface area contributed by atoms with Crippen molar-refractivity contribution in [1.82, 2.24) is 0 Å². The summed E-state index contributed by atoms with van der Waals surface area (Å²) in [6.45, 7) is 0. The van der Waals surface area contributed by atoms with Crippen LogP contribution < -0.4 is 0 Å². The van der Waals surface area contributed by atoms with Crippen molar-refractivity contribution in [3.05, 3.63) is 57.8 Å². The smallest absolute Gasteiger partial charge is 0.246 e. The maximum atomic E-state index is 10.8. The summed E-state index contributed by atoms with van der Waals surface area (Å²) < 4.78 is 0. The van der Waals surface area contributed by atoms with Crippen LogP contribution in [0.15, 0.2) is 42.1 Å². The third kappa shape index (κ3) is 5.06. The number of rotatable bonds is 7. The lowest BCUT2D eigenvalue weighted by Crippen LogP contribution is -2.02. The highest BCUT2D eigenvalue weighted by molar-refractivity contribution is 5.49. The summed E-state index contributed by atoms with van der Waals surface area (Å²) in [6.07, 6.45) is 4.45. The molecule has 1 rings (SSSR count). The molecule has 0 aliphatic carbocycles. The van der Waals surface area contributed by atoms with Crippen LogP contribution in [0.5, 0.6) is 0 Å². The molecule has 0 N–H and O–H groups in total. The zero-order valence-electron chi connectivity index (χ0n) is 9.54. The Kier molecular flexibility index (Phi) is 5.64. The molecule has 0 radical (unpaired) electrons. The van der Waals surface area contributed by atoms with Crippen LogP contribution in [0.3, 0.4) is 0 Å². The summed E-state index contributed by atoms with van der Waals surface area (Å²) in [7, 11) is 0. The molecular weight excluding hydrogens is 218 g/mol. The molecule has 0 aromatic heterocycles. The third-order valence-electron chi connectivity index (χ3n) is 2.37. The van der Waals surface area contributed by atoms with Gasteiger partial charge in [0.05, 0.1) is 11.3 Å². The molecule has 0 heterocycles. The van der Waals surface area contributed by atoms with Gasteiger partial charge in [0.15, 0.2) is 0 Å². The van der Waals surface area contributed by atoms with Crippen molar-refractivity contribution >= 4 is 6.29 Å². The molecule has 0 unspecified atom stereocenters. The second kappa shape index (κ2) is 7.33. The first kappa shape index (κ1) is 13.1. The van der Waals surface area contributed by atoms with Gasteiger partial charge in [0.25, 0.3) is 0 Å². The molecule has 0 bridgehead atoms. The summed E-state index contributed by atoms with van der Waals surface area (Å²) in [5.74, 6) is 0. The quantitative estimate of drug-likeness (QED) is 0.315. The number of carbonyl (C=O) groups is 1. The van der Waals surface area contributed by atoms with E-state index in [9.17, 15) is 14.9 Å². The van der Waals surface area contributed by atoms with E-state index in [1.54, 1.807) is 6.08 Å². The lowest BCUT2D eigenvalue weighted by atomic mass is 10.1. The molecule has 17 heavy (non-hydrogen) atoms. The van der Waals surface area contributed by atoms with Crippen molar-refractivity contribution in [3.63, 3.8) is 0 Å². The number of unbranched alkanes of at least 4 members (excludes halogenated alkanes) is 2. The molecule has 0 atom stereocenters. The molecule has 4 nitrogen and oxygen atoms in total. The van der Waals surface area contributed by atoms with Crippen molar-refractivity contribution in [3.8, 4) is 0 Å². The molecule has 4 heteroatoms. The van der Waals surface area contributed by atoms with Crippen LogP contribution in [0.2, 0.25) is 0 Å². The van der Waals surface area contributed by atoms with Crippen molar-refractivity contribution < 1.29 is 9.72 Å². The number of carbonyl (C=O) groups excluding carboxylic acids is 1. The summed E-state index contributed by atoms with van der Waals surface area (Å²) in [5, 5.41) is 10.8. The zero-order chi connectivity index (χ0) is 12.5. The first-order chi connectivity index (χ1) is 8.24. The van der Waals surface area contributed by atoms with Crippen molar-refractivity contribution in [2.45, 2.75) is 25.7 Å². The molecule has 0 saturated carbocycles. The van der Waals surface area contributed by atoms with Gasteiger partial charge in [-0.3, -0.25) is 10.1 Å². The monoisotopic (exact) mass is 233 g/mol. The van der Waals surface area contributed by atoms with Gasteiger partial charge in [-0.15, -0.1) is 0 Å². The SMILES string of the molecule is O=CCCCC=C(Cc1ccccc1)[N+](=O)[O-]. The van der Waals surface area contributed by atoms with Crippen LogP contribution in [0.1, 0.15) is 24.8 Å². The summed E-state index contributed by atoms with van der Waals surface area (Å²) in [5.41, 5.74) is 1.12. The number of allylic oxidation sites excluding steroid dienone is 2. The molecule has 0 aliphatic rings. The molecule has 0 aliphatic heterocycles. The number of nitrogens with zero attached hydrogens (tertiary/aromatic N) is 1. The van der Waals surface area contributed by atoms with Gasteiger partial charge in [0.2, 0.25) is 5.70 Å². The van der Waals surface area contributed by atoms with E-state index < -0.39 is 0 Å². The minimum absolute atomic E-state index is 0.196. The van der Waals surface area contributed by atoms with Gasteiger partial charge in [0, 0.05) is 6.42 Å². The number of hydrogen-bond acceptors (Lipinski definition) is 3. The van der Waals surface area contributed by atoms with Crippen LogP contribution in [-0.2, 0) is 11.2 Å². The largest absolute Gasteiger partial charge is 0.303 e. The second-order valence-corrected chi connectivity index (χ2v) is 3.71. The number of hydrogen-bond donors (Lipinski definition) is 0. The zero-order valence-corrected chi connectivity index (χ0v) is 9.54. The Labute approximate surface area is 100 Å². The van der Waals surface area contributed by atoms with Crippen LogP contribution in [-0.4, -0.2) is 11.2 Å². The lowest BCUT2D eigenvalue weighted by Gasteiger charge is -1.99. The fourth-order valence-corrected chi connectivity index (χ4v) is 1.49. The van der Waals surface area contributed by atoms with Crippen LogP contribution in [0, 0.1) is 10.1 Å². The first-order valence-electron chi connectivity index (χ1n) is 5.55. The highest BCUT2D eigenvalue weighted by Crippen LogP contribution is 2.10. The molecule has 90 valence electrons. The highest BCUT2D eigenvalue weighted by atomic mass is 16.6. The minimum atomic E-state index is -0.353. The highest BCUT2D eigenvalue weighted by Gasteiger charge is 2.10. The van der Waals surface area contributed by atoms with E-state index in [1.807, 2.05) is 30.3 Å². The van der Waals surface area contributed by atoms with Gasteiger partial charge in [-0.25, -0.2) is 0 Å². The minimum Gasteiger partial charge on any atom is -0.303 e. The summed E-state index contributed by atoms with van der Waals surface area (Å²) >= 11 is 0. The topological polar surface area (TPSA) is 60.2 Å². The predicted octanol–water partition coefficient (Wildman–Crippen LogP) is 2.76. The standard InChI is InChI=1S/C13H15NO3/c15-10-6-2-5-9-13(14(16)17)11-12-7-3-1-4-8-12/h1,3-4,7-10H,2,5-6,11H2. The summed E-state index contributed by atoms with van der Waals surface area (Å²) in [6, 6.07) is 9.33. The van der Waals surface area contributed by atoms with Gasteiger partial charge in [-0.05, 0) is 24.5 Å². The van der Waals surface area contributed by atoms with E-state index in [-0.39, 0.29) is 10.6 Å². The Morgan fingerprint density at radius 3 is 2.53 bits per heavy atom. The van der Waals surface area contributed by atoms with E-state index in [2.05, 4.69) is 0 Å². The average molecular weight is 233 g/mol. The number of aldehydes is 1. The molecule has 0 spiro atoms. The Hall–Kier alpha value is -1.97. The van der Waals surface area contributed by atoms with Crippen molar-refractivity contribution in [2.75, 3.05) is 0 Å². The van der Waals surface area contributed by atoms with Gasteiger partial charge >= 0.3 is 0 Å². The Balaban J connectivity index is 2.60. The molecule has 0 saturated heterocycles. The van der Waals surface area contributed by atoms with E-state index in [0.717, 1.165) is 11.8 Å². The maximum absolute atomic E-state index is 10.8. The van der Waals surface area contributed by atoms with Crippen molar-refractivity contribution in [2.24, 2.45) is 0 Å². The van der Waals surface area contributed by atoms with Crippen LogP contribution >= 0.6 is 0 Å². The average Bonchev–Trinajstić information content (AvgIpc) is 2.34. The Morgan fingerprint density at radius 1 is 1.24 bits per heavy atom. The van der Waals surface area contributed by atoms with Crippen molar-refractivity contribution in [1.29, 1.82) is 0 Å². The maximum Gasteiger partial charge on any atom is 0.246 e. The molecule has 0 fully saturated rings. The van der Waals surface area contributed by atoms with E-state index >= 15 is 0 Å². The van der Waals surface area contributed by atoms with Gasteiger partial charge < -0.3 is 4.79 Å². The van der Waals surface area contributed by atoms with Crippen LogP contribution in [0.25, 0.3) is 0 Å². The normalized spacial score (nSPS) is 11.2. The van der Waals surface area contributed by atoms with E-state index in [1.165, 1.54) is 0 Å². The number of benzene rings is 1.